The number of fused-ring (bicyclic) bond motifs is 1. The molecule has 13 heteroatoms. The fourth-order valence-corrected chi connectivity index (χ4v) is 3.84. The number of phenols is 2. The summed E-state index contributed by atoms with van der Waals surface area (Å²) in [5.74, 6) is -2.79. The maximum Gasteiger partial charge on any atom is 0.238 e. The highest BCUT2D eigenvalue weighted by atomic mass is 16.7. The van der Waals surface area contributed by atoms with Crippen LogP contribution in [0.2, 0.25) is 0 Å². The molecule has 7 N–H and O–H groups in total. The van der Waals surface area contributed by atoms with E-state index in [1.54, 1.807) is 0 Å². The van der Waals surface area contributed by atoms with E-state index in [1.165, 1.54) is 38.5 Å². The van der Waals surface area contributed by atoms with Crippen molar-refractivity contribution in [1.82, 2.24) is 0 Å². The van der Waals surface area contributed by atoms with Crippen molar-refractivity contribution in [3.8, 4) is 45.8 Å². The van der Waals surface area contributed by atoms with E-state index in [0.717, 1.165) is 0 Å². The van der Waals surface area contributed by atoms with E-state index in [9.17, 15) is 40.5 Å². The van der Waals surface area contributed by atoms with Gasteiger partial charge in [-0.25, -0.2) is 0 Å². The van der Waals surface area contributed by atoms with Crippen LogP contribution in [0.3, 0.4) is 0 Å². The molecule has 13 nitrogen and oxygen atoms in total. The fraction of sp³-hybridized carbons (Fsp3) is 0.348. The molecule has 1 aliphatic heterocycles. The average Bonchev–Trinajstić information content (AvgIpc) is 2.87. The lowest BCUT2D eigenvalue weighted by molar-refractivity contribution is -0.277. The predicted molar refractivity (Wildman–Crippen MR) is 120 cm³/mol. The zero-order valence-electron chi connectivity index (χ0n) is 19.0. The predicted octanol–water partition coefficient (Wildman–Crippen LogP) is -0.227. The smallest absolute Gasteiger partial charge is 0.238 e. The normalized spacial score (nSPS) is 24.0. The zero-order valence-corrected chi connectivity index (χ0v) is 19.0. The molecule has 0 aliphatic carbocycles. The Bertz CT molecular complexity index is 1330. The van der Waals surface area contributed by atoms with Crippen molar-refractivity contribution in [3.63, 3.8) is 0 Å². The van der Waals surface area contributed by atoms with Gasteiger partial charge >= 0.3 is 0 Å². The van der Waals surface area contributed by atoms with Gasteiger partial charge in [-0.15, -0.1) is 0 Å². The van der Waals surface area contributed by atoms with Crippen molar-refractivity contribution in [3.05, 3.63) is 34.5 Å². The van der Waals surface area contributed by atoms with Gasteiger partial charge in [-0.3, -0.25) is 4.79 Å². The largest absolute Gasteiger partial charge is 0.504 e. The highest BCUT2D eigenvalue weighted by Gasteiger charge is 2.45. The lowest BCUT2D eigenvalue weighted by atomic mass is 9.99. The second-order valence-electron chi connectivity index (χ2n) is 7.94. The molecule has 194 valence electrons. The van der Waals surface area contributed by atoms with Crippen LogP contribution in [-0.4, -0.2) is 87.3 Å². The molecule has 1 aromatic heterocycles. The third kappa shape index (κ3) is 4.12. The van der Waals surface area contributed by atoms with Crippen LogP contribution < -0.4 is 19.6 Å². The zero-order chi connectivity index (χ0) is 26.3. The number of aromatic hydroxyl groups is 3. The summed E-state index contributed by atoms with van der Waals surface area (Å²) in [6.07, 6.45) is -8.19. The summed E-state index contributed by atoms with van der Waals surface area (Å²) in [6.45, 7) is -0.714. The van der Waals surface area contributed by atoms with Crippen molar-refractivity contribution in [2.75, 3.05) is 20.8 Å². The molecular formula is C23H24O13. The van der Waals surface area contributed by atoms with E-state index in [-0.39, 0.29) is 34.2 Å². The number of phenolic OH excluding ortho intramolecular Hbond substituents is 2. The Morgan fingerprint density at radius 1 is 0.917 bits per heavy atom. The molecule has 0 unspecified atom stereocenters. The van der Waals surface area contributed by atoms with Crippen molar-refractivity contribution < 1.29 is 59.1 Å². The molecule has 1 fully saturated rings. The molecular weight excluding hydrogens is 484 g/mol. The van der Waals surface area contributed by atoms with Gasteiger partial charge in [-0.2, -0.15) is 0 Å². The summed E-state index contributed by atoms with van der Waals surface area (Å²) in [4.78, 5) is 13.0. The summed E-state index contributed by atoms with van der Waals surface area (Å²) in [6, 6.07) is 5.14. The van der Waals surface area contributed by atoms with Crippen LogP contribution in [-0.2, 0) is 4.74 Å². The lowest BCUT2D eigenvalue weighted by Gasteiger charge is -2.39. The molecule has 1 saturated heterocycles. The quantitative estimate of drug-likeness (QED) is 0.230. The SMILES string of the molecule is COc1cc(-c2oc3cc(OC)c(O[C@@H]4O[C@H](CO)[C@@H](O)[C@H](O)[C@H]4O)c(O)c3c(=O)c2O)ccc1O. The molecule has 0 bridgehead atoms. The molecule has 0 radical (unpaired) electrons. The van der Waals surface area contributed by atoms with Crippen LogP contribution >= 0.6 is 0 Å². The van der Waals surface area contributed by atoms with Crippen LogP contribution in [0.15, 0.2) is 33.5 Å². The first-order chi connectivity index (χ1) is 17.1. The van der Waals surface area contributed by atoms with Crippen LogP contribution in [0.4, 0.5) is 0 Å². The average molecular weight is 508 g/mol. The molecule has 2 aromatic carbocycles. The Kier molecular flexibility index (Phi) is 6.84. The van der Waals surface area contributed by atoms with E-state index in [0.29, 0.717) is 0 Å². The lowest BCUT2D eigenvalue weighted by Crippen LogP contribution is -2.60. The monoisotopic (exact) mass is 508 g/mol. The number of aliphatic hydroxyl groups is 4. The molecule has 3 aromatic rings. The molecule has 5 atom stereocenters. The summed E-state index contributed by atoms with van der Waals surface area (Å²) in [5.41, 5.74) is -1.08. The standard InChI is InChI=1S/C23H24O13/c1-32-10-5-8(3-4-9(10)25)21-19(30)16(27)14-11(34-21)6-12(33-2)22(17(14)28)36-23-20(31)18(29)15(26)13(7-24)35-23/h3-6,13,15,18,20,23-26,28-31H,7H2,1-2H3/t13-,15-,18+,20-,23+/m1/s1. The molecule has 0 spiro atoms. The highest BCUT2D eigenvalue weighted by Crippen LogP contribution is 2.45. The van der Waals surface area contributed by atoms with Gasteiger partial charge < -0.3 is 59.1 Å². The van der Waals surface area contributed by atoms with E-state index >= 15 is 0 Å². The number of methoxy groups -OCH3 is 2. The van der Waals surface area contributed by atoms with Gasteiger partial charge in [0.05, 0.1) is 20.8 Å². The van der Waals surface area contributed by atoms with Gasteiger partial charge in [0.1, 0.15) is 35.4 Å². The second kappa shape index (κ2) is 9.72. The first kappa shape index (κ1) is 25.3. The van der Waals surface area contributed by atoms with Gasteiger partial charge in [0, 0.05) is 11.6 Å². The Morgan fingerprint density at radius 2 is 1.61 bits per heavy atom. The van der Waals surface area contributed by atoms with E-state index < -0.39 is 65.4 Å². The maximum absolute atomic E-state index is 13.0. The van der Waals surface area contributed by atoms with E-state index in [2.05, 4.69) is 0 Å². The minimum absolute atomic E-state index is 0.0540. The Labute approximate surface area is 202 Å². The maximum atomic E-state index is 13.0. The third-order valence-corrected chi connectivity index (χ3v) is 5.80. The molecule has 1 aliphatic rings. The van der Waals surface area contributed by atoms with E-state index in [1.807, 2.05) is 0 Å². The first-order valence-corrected chi connectivity index (χ1v) is 10.6. The summed E-state index contributed by atoms with van der Waals surface area (Å²) >= 11 is 0. The molecule has 4 rings (SSSR count). The molecule has 2 heterocycles. The minimum Gasteiger partial charge on any atom is -0.504 e. The third-order valence-electron chi connectivity index (χ3n) is 5.80. The van der Waals surface area contributed by atoms with Crippen molar-refractivity contribution in [1.29, 1.82) is 0 Å². The fourth-order valence-electron chi connectivity index (χ4n) is 3.84. The first-order valence-electron chi connectivity index (χ1n) is 10.6. The topological polar surface area (TPSA) is 209 Å². The molecule has 36 heavy (non-hydrogen) atoms. The molecule has 0 amide bonds. The van der Waals surface area contributed by atoms with Crippen LogP contribution in [0.25, 0.3) is 22.3 Å². The number of rotatable bonds is 6. The summed E-state index contributed by atoms with van der Waals surface area (Å²) in [5, 5.41) is 70.3. The van der Waals surface area contributed by atoms with E-state index in [4.69, 9.17) is 23.4 Å². The summed E-state index contributed by atoms with van der Waals surface area (Å²) < 4.78 is 26.7. The Balaban J connectivity index is 1.83. The Hall–Kier alpha value is -3.75. The number of aliphatic hydroxyl groups excluding tert-OH is 4. The number of hydrogen-bond donors (Lipinski definition) is 7. The van der Waals surface area contributed by atoms with Gasteiger partial charge in [0.2, 0.25) is 23.2 Å². The van der Waals surface area contributed by atoms with Crippen molar-refractivity contribution in [2.24, 2.45) is 0 Å². The van der Waals surface area contributed by atoms with Crippen LogP contribution in [0.5, 0.6) is 34.5 Å². The number of hydrogen-bond acceptors (Lipinski definition) is 13. The second-order valence-corrected chi connectivity index (χ2v) is 7.94. The minimum atomic E-state index is -1.81. The van der Waals surface area contributed by atoms with Crippen LogP contribution in [0.1, 0.15) is 0 Å². The van der Waals surface area contributed by atoms with Crippen LogP contribution in [0, 0.1) is 0 Å². The highest BCUT2D eigenvalue weighted by molar-refractivity contribution is 5.91. The van der Waals surface area contributed by atoms with Crippen molar-refractivity contribution in [2.45, 2.75) is 30.7 Å². The van der Waals surface area contributed by atoms with Crippen molar-refractivity contribution >= 4 is 11.0 Å². The number of ether oxygens (including phenoxy) is 4. The van der Waals surface area contributed by atoms with Gasteiger partial charge in [-0.1, -0.05) is 0 Å². The summed E-state index contributed by atoms with van der Waals surface area (Å²) in [7, 11) is 2.53. The number of benzene rings is 2. The van der Waals surface area contributed by atoms with Gasteiger partial charge in [0.15, 0.2) is 28.8 Å². The van der Waals surface area contributed by atoms with Gasteiger partial charge in [0.25, 0.3) is 0 Å². The Morgan fingerprint density at radius 3 is 2.25 bits per heavy atom. The van der Waals surface area contributed by atoms with Gasteiger partial charge in [-0.05, 0) is 18.2 Å². The molecule has 0 saturated carbocycles.